The minimum atomic E-state index is -0.00472. The highest BCUT2D eigenvalue weighted by molar-refractivity contribution is 5.87. The van der Waals surface area contributed by atoms with Crippen molar-refractivity contribution in [3.8, 4) is 5.75 Å². The van der Waals surface area contributed by atoms with Gasteiger partial charge in [0.05, 0.1) is 20.2 Å². The summed E-state index contributed by atoms with van der Waals surface area (Å²) in [6.07, 6.45) is 5.49. The van der Waals surface area contributed by atoms with Crippen LogP contribution in [-0.4, -0.2) is 66.1 Å². The molecule has 1 aliphatic carbocycles. The van der Waals surface area contributed by atoms with Gasteiger partial charge in [0.15, 0.2) is 0 Å². The van der Waals surface area contributed by atoms with Gasteiger partial charge in [-0.3, -0.25) is 9.59 Å². The summed E-state index contributed by atoms with van der Waals surface area (Å²) in [6.45, 7) is 6.63. The number of aromatic nitrogens is 1. The number of methoxy groups -OCH3 is 2. The fraction of sp³-hybridized carbons (Fsp3) is 0.556. The normalized spacial score (nSPS) is 14.0. The van der Waals surface area contributed by atoms with Gasteiger partial charge in [0.1, 0.15) is 5.75 Å². The Balaban J connectivity index is 1.72. The smallest absolute Gasteiger partial charge is 0.242 e. The average Bonchev–Trinajstić information content (AvgIpc) is 3.61. The van der Waals surface area contributed by atoms with E-state index >= 15 is 0 Å². The van der Waals surface area contributed by atoms with Crippen LogP contribution >= 0.6 is 0 Å². The number of rotatable bonds is 14. The van der Waals surface area contributed by atoms with E-state index in [4.69, 9.17) is 9.47 Å². The van der Waals surface area contributed by atoms with E-state index in [-0.39, 0.29) is 30.3 Å². The van der Waals surface area contributed by atoms with E-state index in [9.17, 15) is 9.59 Å². The van der Waals surface area contributed by atoms with Gasteiger partial charge in [0.2, 0.25) is 11.8 Å². The molecule has 3 rings (SSSR count). The molecule has 7 nitrogen and oxygen atoms in total. The second kappa shape index (κ2) is 12.6. The molecule has 1 aromatic carbocycles. The third-order valence-electron chi connectivity index (χ3n) is 6.53. The maximum absolute atomic E-state index is 13.5. The molecule has 0 spiro atoms. The van der Waals surface area contributed by atoms with Gasteiger partial charge < -0.3 is 23.8 Å². The Morgan fingerprint density at radius 1 is 1.18 bits per heavy atom. The van der Waals surface area contributed by atoms with Crippen LogP contribution < -0.4 is 4.74 Å². The van der Waals surface area contributed by atoms with Crippen molar-refractivity contribution in [1.82, 2.24) is 14.4 Å². The molecule has 0 bridgehead atoms. The molecule has 1 heterocycles. The van der Waals surface area contributed by atoms with E-state index in [0.29, 0.717) is 26.2 Å². The van der Waals surface area contributed by atoms with Crippen molar-refractivity contribution < 1.29 is 19.1 Å². The fourth-order valence-corrected chi connectivity index (χ4v) is 4.11. The van der Waals surface area contributed by atoms with Crippen molar-refractivity contribution in [2.75, 3.05) is 33.9 Å². The summed E-state index contributed by atoms with van der Waals surface area (Å²) in [5.74, 6) is 1.02. The van der Waals surface area contributed by atoms with Crippen LogP contribution in [0.4, 0.5) is 0 Å². The first-order valence-electron chi connectivity index (χ1n) is 12.3. The Hall–Kier alpha value is -2.80. The minimum Gasteiger partial charge on any atom is -0.497 e. The van der Waals surface area contributed by atoms with Crippen molar-refractivity contribution in [1.29, 1.82) is 0 Å². The van der Waals surface area contributed by atoms with Crippen LogP contribution in [0.5, 0.6) is 5.75 Å². The molecule has 186 valence electrons. The van der Waals surface area contributed by atoms with Crippen LogP contribution in [0, 0.1) is 5.92 Å². The third kappa shape index (κ3) is 7.10. The Bertz CT molecular complexity index is 937. The summed E-state index contributed by atoms with van der Waals surface area (Å²) in [7, 11) is 3.33. The van der Waals surface area contributed by atoms with E-state index in [1.54, 1.807) is 19.1 Å². The standard InChI is InChI=1S/C27H39N3O4/c1-5-21(2)30(26(31)20-29(15-8-16-33-3)27(32)23-12-13-23)19-24-10-7-14-28(24)18-22-9-6-11-25(17-22)34-4/h6-7,9-11,14,17,21,23H,5,8,12-13,15-16,18-20H2,1-4H3. The molecule has 0 radical (unpaired) electrons. The number of carbonyl (C=O) groups is 2. The van der Waals surface area contributed by atoms with Crippen molar-refractivity contribution in [3.63, 3.8) is 0 Å². The van der Waals surface area contributed by atoms with Crippen molar-refractivity contribution >= 4 is 11.8 Å². The predicted molar refractivity (Wildman–Crippen MR) is 133 cm³/mol. The van der Waals surface area contributed by atoms with E-state index in [0.717, 1.165) is 42.7 Å². The maximum Gasteiger partial charge on any atom is 0.242 e. The summed E-state index contributed by atoms with van der Waals surface area (Å²) in [5, 5.41) is 0. The molecule has 1 unspecified atom stereocenters. The second-order valence-electron chi connectivity index (χ2n) is 9.14. The molecule has 0 saturated heterocycles. The van der Waals surface area contributed by atoms with Gasteiger partial charge in [-0.25, -0.2) is 0 Å². The first kappa shape index (κ1) is 25.8. The van der Waals surface area contributed by atoms with Gasteiger partial charge in [-0.05, 0) is 62.4 Å². The van der Waals surface area contributed by atoms with E-state index < -0.39 is 0 Å². The number of amides is 2. The topological polar surface area (TPSA) is 64.0 Å². The lowest BCUT2D eigenvalue weighted by atomic mass is 10.2. The summed E-state index contributed by atoms with van der Waals surface area (Å²) in [5.41, 5.74) is 2.20. The number of hydrogen-bond donors (Lipinski definition) is 0. The van der Waals surface area contributed by atoms with Gasteiger partial charge >= 0.3 is 0 Å². The molecule has 1 aromatic heterocycles. The van der Waals surface area contributed by atoms with Crippen molar-refractivity contribution in [2.45, 2.75) is 58.7 Å². The number of nitrogens with zero attached hydrogens (tertiary/aromatic N) is 3. The molecule has 2 amide bonds. The van der Waals surface area contributed by atoms with Gasteiger partial charge in [-0.1, -0.05) is 19.1 Å². The first-order valence-corrected chi connectivity index (χ1v) is 12.3. The van der Waals surface area contributed by atoms with Crippen LogP contribution in [0.1, 0.15) is 50.8 Å². The average molecular weight is 470 g/mol. The molecule has 1 fully saturated rings. The molecular weight excluding hydrogens is 430 g/mol. The molecule has 0 aliphatic heterocycles. The van der Waals surface area contributed by atoms with E-state index in [1.165, 1.54) is 0 Å². The first-order chi connectivity index (χ1) is 16.5. The van der Waals surface area contributed by atoms with Gasteiger partial charge in [-0.15, -0.1) is 0 Å². The van der Waals surface area contributed by atoms with Crippen LogP contribution in [0.2, 0.25) is 0 Å². The molecule has 1 atom stereocenters. The molecule has 2 aromatic rings. The molecule has 1 aliphatic rings. The quantitative estimate of drug-likeness (QED) is 0.393. The molecule has 1 saturated carbocycles. The highest BCUT2D eigenvalue weighted by atomic mass is 16.5. The van der Waals surface area contributed by atoms with Crippen LogP contribution in [-0.2, 0) is 27.4 Å². The lowest BCUT2D eigenvalue weighted by molar-refractivity contribution is -0.143. The minimum absolute atomic E-state index is 0.00472. The molecular formula is C27H39N3O4. The monoisotopic (exact) mass is 469 g/mol. The Morgan fingerprint density at radius 2 is 1.97 bits per heavy atom. The summed E-state index contributed by atoms with van der Waals surface area (Å²) < 4.78 is 12.7. The predicted octanol–water partition coefficient (Wildman–Crippen LogP) is 3.95. The van der Waals surface area contributed by atoms with Crippen LogP contribution in [0.3, 0.4) is 0 Å². The number of carbonyl (C=O) groups excluding carboxylic acids is 2. The third-order valence-corrected chi connectivity index (χ3v) is 6.53. The molecule has 0 N–H and O–H groups in total. The van der Waals surface area contributed by atoms with Gasteiger partial charge in [-0.2, -0.15) is 0 Å². The van der Waals surface area contributed by atoms with E-state index in [2.05, 4.69) is 30.5 Å². The van der Waals surface area contributed by atoms with Crippen LogP contribution in [0.25, 0.3) is 0 Å². The highest BCUT2D eigenvalue weighted by Gasteiger charge is 2.35. The summed E-state index contributed by atoms with van der Waals surface area (Å²) in [6, 6.07) is 12.2. The highest BCUT2D eigenvalue weighted by Crippen LogP contribution is 2.31. The molecule has 7 heteroatoms. The molecule has 34 heavy (non-hydrogen) atoms. The van der Waals surface area contributed by atoms with Gasteiger partial charge in [0.25, 0.3) is 0 Å². The second-order valence-corrected chi connectivity index (χ2v) is 9.14. The summed E-state index contributed by atoms with van der Waals surface area (Å²) >= 11 is 0. The number of ether oxygens (including phenoxy) is 2. The zero-order chi connectivity index (χ0) is 24.5. The van der Waals surface area contributed by atoms with Crippen molar-refractivity contribution in [2.24, 2.45) is 5.92 Å². The zero-order valence-electron chi connectivity index (χ0n) is 21.0. The lowest BCUT2D eigenvalue weighted by Crippen LogP contribution is -2.46. The van der Waals surface area contributed by atoms with Crippen LogP contribution in [0.15, 0.2) is 42.6 Å². The lowest BCUT2D eigenvalue weighted by Gasteiger charge is -2.32. The Morgan fingerprint density at radius 3 is 2.65 bits per heavy atom. The van der Waals surface area contributed by atoms with Crippen molar-refractivity contribution in [3.05, 3.63) is 53.9 Å². The number of benzene rings is 1. The van der Waals surface area contributed by atoms with Gasteiger partial charge in [0, 0.05) is 50.7 Å². The number of hydrogen-bond acceptors (Lipinski definition) is 4. The summed E-state index contributed by atoms with van der Waals surface area (Å²) in [4.78, 5) is 30.0. The van der Waals surface area contributed by atoms with E-state index in [1.807, 2.05) is 35.4 Å². The zero-order valence-corrected chi connectivity index (χ0v) is 21.0. The Kier molecular flexibility index (Phi) is 9.57. The Labute approximate surface area is 203 Å². The largest absolute Gasteiger partial charge is 0.497 e. The fourth-order valence-electron chi connectivity index (χ4n) is 4.11. The maximum atomic E-state index is 13.5. The SMILES string of the molecule is CCC(C)N(Cc1cccn1Cc1cccc(OC)c1)C(=O)CN(CCCOC)C(=O)C1CC1.